The van der Waals surface area contributed by atoms with Gasteiger partial charge in [0.25, 0.3) is 0 Å². The zero-order valence-corrected chi connectivity index (χ0v) is 18.2. The monoisotopic (exact) mass is 380 g/mol. The molecule has 0 amide bonds. The Bertz CT molecular complexity index is 683. The molecule has 4 heteroatoms. The number of hydrogen-bond donors (Lipinski definition) is 0. The predicted octanol–water partition coefficient (Wildman–Crippen LogP) is 6.01. The van der Waals surface area contributed by atoms with E-state index in [1.165, 1.54) is 45.7 Å². The molecule has 1 aliphatic heterocycles. The molecule has 0 saturated heterocycles. The molecule has 0 saturated carbocycles. The van der Waals surface area contributed by atoms with Gasteiger partial charge < -0.3 is 9.80 Å². The molecule has 0 unspecified atom stereocenters. The summed E-state index contributed by atoms with van der Waals surface area (Å²) in [5.74, 6) is 0.593. The van der Waals surface area contributed by atoms with Crippen molar-refractivity contribution < 1.29 is 0 Å². The second kappa shape index (κ2) is 9.36. The van der Waals surface area contributed by atoms with Gasteiger partial charge in [0.05, 0.1) is 0 Å². The van der Waals surface area contributed by atoms with Crippen molar-refractivity contribution in [2.45, 2.75) is 53.5 Å². The van der Waals surface area contributed by atoms with Gasteiger partial charge >= 0.3 is 0 Å². The van der Waals surface area contributed by atoms with Crippen LogP contribution >= 0.6 is 22.9 Å². The van der Waals surface area contributed by atoms with Crippen LogP contribution in [-0.4, -0.2) is 43.0 Å². The molecule has 25 heavy (non-hydrogen) atoms. The summed E-state index contributed by atoms with van der Waals surface area (Å²) >= 11 is 8.35. The average Bonchev–Trinajstić information content (AvgIpc) is 2.85. The van der Waals surface area contributed by atoms with Crippen molar-refractivity contribution in [3.63, 3.8) is 0 Å². The summed E-state index contributed by atoms with van der Waals surface area (Å²) in [7, 11) is 2.20. The van der Waals surface area contributed by atoms with E-state index in [0.717, 1.165) is 24.5 Å². The first kappa shape index (κ1) is 20.7. The summed E-state index contributed by atoms with van der Waals surface area (Å²) in [6.07, 6.45) is 1.06. The highest BCUT2D eigenvalue weighted by molar-refractivity contribution is 7.19. The number of rotatable bonds is 4. The van der Waals surface area contributed by atoms with Gasteiger partial charge in [-0.3, -0.25) is 0 Å². The maximum absolute atomic E-state index is 6.40. The summed E-state index contributed by atoms with van der Waals surface area (Å²) in [5, 5.41) is 2.38. The van der Waals surface area contributed by atoms with Crippen molar-refractivity contribution in [3.05, 3.63) is 33.2 Å². The molecule has 1 aromatic heterocycles. The fourth-order valence-electron chi connectivity index (χ4n) is 3.51. The van der Waals surface area contributed by atoms with Gasteiger partial charge in [-0.25, -0.2) is 0 Å². The van der Waals surface area contributed by atoms with Crippen LogP contribution < -0.4 is 0 Å². The Balaban J connectivity index is 0.000000277. The summed E-state index contributed by atoms with van der Waals surface area (Å²) in [6.45, 7) is 16.8. The minimum atomic E-state index is 0.593. The first-order valence-electron chi connectivity index (χ1n) is 9.56. The standard InChI is InChI=1S/C15H18ClNS.C6H15N/c1-9(2)15-11-8-17(3)7-6-10-12(16)4-5-13(18-15)14(10)11;1-4-7(5-2)6-3/h4-5,9H,6-8H2,1-3H3;4-6H2,1-3H3. The van der Waals surface area contributed by atoms with Crippen molar-refractivity contribution in [3.8, 4) is 0 Å². The number of halogens is 1. The highest BCUT2D eigenvalue weighted by Gasteiger charge is 2.22. The Morgan fingerprint density at radius 1 is 1.12 bits per heavy atom. The van der Waals surface area contributed by atoms with Crippen LogP contribution in [0, 0.1) is 0 Å². The normalized spacial score (nSPS) is 14.8. The lowest BCUT2D eigenvalue weighted by Gasteiger charge is -2.15. The van der Waals surface area contributed by atoms with Crippen molar-refractivity contribution in [2.24, 2.45) is 0 Å². The van der Waals surface area contributed by atoms with Gasteiger partial charge in [0.1, 0.15) is 0 Å². The van der Waals surface area contributed by atoms with Gasteiger partial charge in [-0.15, -0.1) is 11.3 Å². The third-order valence-corrected chi connectivity index (χ3v) is 6.93. The number of thiophene rings is 1. The third kappa shape index (κ3) is 4.77. The molecule has 2 nitrogen and oxygen atoms in total. The van der Waals surface area contributed by atoms with Gasteiger partial charge in [-0.05, 0) is 62.3 Å². The number of likely N-dealkylation sites (N-methyl/N-ethyl adjacent to an activating group) is 1. The highest BCUT2D eigenvalue weighted by atomic mass is 35.5. The van der Waals surface area contributed by atoms with Crippen LogP contribution in [-0.2, 0) is 13.0 Å². The minimum absolute atomic E-state index is 0.593. The molecule has 0 bridgehead atoms. The quantitative estimate of drug-likeness (QED) is 0.640. The second-order valence-corrected chi connectivity index (χ2v) is 8.60. The SMILES string of the molecule is CC(C)c1sc2ccc(Cl)c3c2c1CN(C)CC3.CCN(CC)CC. The molecule has 0 aliphatic carbocycles. The van der Waals surface area contributed by atoms with Gasteiger partial charge in [0, 0.05) is 33.1 Å². The van der Waals surface area contributed by atoms with Gasteiger partial charge in [0.15, 0.2) is 0 Å². The van der Waals surface area contributed by atoms with Crippen molar-refractivity contribution in [1.29, 1.82) is 0 Å². The molecule has 0 N–H and O–H groups in total. The van der Waals surface area contributed by atoms with E-state index in [1.807, 2.05) is 11.3 Å². The summed E-state index contributed by atoms with van der Waals surface area (Å²) in [5.41, 5.74) is 2.87. The molecule has 0 radical (unpaired) electrons. The van der Waals surface area contributed by atoms with Gasteiger partial charge in [-0.1, -0.05) is 46.2 Å². The summed E-state index contributed by atoms with van der Waals surface area (Å²) < 4.78 is 1.41. The molecule has 1 aromatic carbocycles. The molecule has 2 heterocycles. The van der Waals surface area contributed by atoms with E-state index in [-0.39, 0.29) is 0 Å². The number of benzene rings is 1. The fourth-order valence-corrected chi connectivity index (χ4v) is 5.01. The lowest BCUT2D eigenvalue weighted by Crippen LogP contribution is -2.21. The Labute approximate surface area is 162 Å². The summed E-state index contributed by atoms with van der Waals surface area (Å²) in [4.78, 5) is 6.31. The zero-order chi connectivity index (χ0) is 18.6. The second-order valence-electron chi connectivity index (χ2n) is 7.11. The Hall–Kier alpha value is -0.610. The molecule has 0 fully saturated rings. The topological polar surface area (TPSA) is 6.48 Å². The van der Waals surface area contributed by atoms with Crippen LogP contribution in [0.3, 0.4) is 0 Å². The lowest BCUT2D eigenvalue weighted by molar-refractivity contribution is 0.321. The van der Waals surface area contributed by atoms with E-state index in [9.17, 15) is 0 Å². The highest BCUT2D eigenvalue weighted by Crippen LogP contribution is 2.41. The molecule has 3 rings (SSSR count). The van der Waals surface area contributed by atoms with Crippen molar-refractivity contribution in [2.75, 3.05) is 33.2 Å². The Kier molecular flexibility index (Phi) is 7.75. The van der Waals surface area contributed by atoms with Gasteiger partial charge in [-0.2, -0.15) is 0 Å². The van der Waals surface area contributed by atoms with Crippen LogP contribution in [0.4, 0.5) is 0 Å². The summed E-state index contributed by atoms with van der Waals surface area (Å²) in [6, 6.07) is 4.25. The van der Waals surface area contributed by atoms with Crippen LogP contribution in [0.15, 0.2) is 12.1 Å². The number of nitrogens with zero attached hydrogens (tertiary/aromatic N) is 2. The Morgan fingerprint density at radius 3 is 2.28 bits per heavy atom. The molecule has 1 aliphatic rings. The zero-order valence-electron chi connectivity index (χ0n) is 16.7. The van der Waals surface area contributed by atoms with Crippen molar-refractivity contribution >= 4 is 33.0 Å². The molecular formula is C21H33ClN2S. The molecule has 0 atom stereocenters. The molecular weight excluding hydrogens is 348 g/mol. The fraction of sp³-hybridized carbons (Fsp3) is 0.619. The minimum Gasteiger partial charge on any atom is -0.304 e. The van der Waals surface area contributed by atoms with E-state index < -0.39 is 0 Å². The van der Waals surface area contributed by atoms with Crippen LogP contribution in [0.2, 0.25) is 5.02 Å². The molecule has 140 valence electrons. The first-order chi connectivity index (χ1) is 11.9. The van der Waals surface area contributed by atoms with E-state index in [1.54, 1.807) is 0 Å². The van der Waals surface area contributed by atoms with E-state index in [4.69, 9.17) is 11.6 Å². The first-order valence-corrected chi connectivity index (χ1v) is 10.8. The smallest absolute Gasteiger partial charge is 0.0445 e. The number of hydrogen-bond acceptors (Lipinski definition) is 3. The Morgan fingerprint density at radius 2 is 1.76 bits per heavy atom. The maximum atomic E-state index is 6.40. The van der Waals surface area contributed by atoms with Crippen molar-refractivity contribution in [1.82, 2.24) is 9.80 Å². The predicted molar refractivity (Wildman–Crippen MR) is 114 cm³/mol. The average molecular weight is 381 g/mol. The molecule has 2 aromatic rings. The third-order valence-electron chi connectivity index (χ3n) is 5.07. The lowest BCUT2D eigenvalue weighted by atomic mass is 10.0. The van der Waals surface area contributed by atoms with E-state index in [0.29, 0.717) is 5.92 Å². The molecule has 0 spiro atoms. The van der Waals surface area contributed by atoms with Crippen LogP contribution in [0.25, 0.3) is 10.1 Å². The van der Waals surface area contributed by atoms with Crippen LogP contribution in [0.1, 0.15) is 56.5 Å². The largest absolute Gasteiger partial charge is 0.304 e. The van der Waals surface area contributed by atoms with Gasteiger partial charge in [0.2, 0.25) is 0 Å². The van der Waals surface area contributed by atoms with Crippen LogP contribution in [0.5, 0.6) is 0 Å². The van der Waals surface area contributed by atoms with E-state index >= 15 is 0 Å². The van der Waals surface area contributed by atoms with E-state index in [2.05, 4.69) is 63.6 Å². The maximum Gasteiger partial charge on any atom is 0.0445 e.